The van der Waals surface area contributed by atoms with E-state index in [4.69, 9.17) is 4.43 Å². The van der Waals surface area contributed by atoms with Crippen molar-refractivity contribution in [2.45, 2.75) is 83.5 Å². The average molecular weight is 389 g/mol. The van der Waals surface area contributed by atoms with Gasteiger partial charge in [0.25, 0.3) is 0 Å². The van der Waals surface area contributed by atoms with Gasteiger partial charge in [-0.1, -0.05) is 82.5 Å². The van der Waals surface area contributed by atoms with Crippen molar-refractivity contribution in [2.24, 2.45) is 11.8 Å². The summed E-state index contributed by atoms with van der Waals surface area (Å²) in [4.78, 5) is 0. The third kappa shape index (κ3) is 6.30. The summed E-state index contributed by atoms with van der Waals surface area (Å²) in [6.07, 6.45) is 6.68. The second-order valence-corrected chi connectivity index (χ2v) is 14.7. The highest BCUT2D eigenvalue weighted by molar-refractivity contribution is 6.74. The van der Waals surface area contributed by atoms with E-state index in [1.54, 1.807) is 0 Å². The summed E-state index contributed by atoms with van der Waals surface area (Å²) < 4.78 is 6.61. The molecule has 3 heteroatoms. The normalized spacial score (nSPS) is 18.9. The molecular weight excluding hydrogens is 348 g/mol. The van der Waals surface area contributed by atoms with Gasteiger partial charge in [0.2, 0.25) is 0 Å². The van der Waals surface area contributed by atoms with Crippen LogP contribution >= 0.6 is 0 Å². The van der Waals surface area contributed by atoms with Crippen LogP contribution in [-0.2, 0) is 4.43 Å². The zero-order valence-corrected chi connectivity index (χ0v) is 19.1. The molecular formula is C24H40O2Si. The Kier molecular flexibility index (Phi) is 7.90. The van der Waals surface area contributed by atoms with Crippen LogP contribution in [0.25, 0.3) is 0 Å². The summed E-state index contributed by atoms with van der Waals surface area (Å²) in [5.41, 5.74) is 2.14. The Morgan fingerprint density at radius 2 is 1.74 bits per heavy atom. The van der Waals surface area contributed by atoms with Crippen molar-refractivity contribution < 1.29 is 9.53 Å². The van der Waals surface area contributed by atoms with E-state index in [1.165, 1.54) is 32.1 Å². The van der Waals surface area contributed by atoms with E-state index in [0.717, 1.165) is 17.7 Å². The van der Waals surface area contributed by atoms with Crippen LogP contribution < -0.4 is 0 Å². The summed E-state index contributed by atoms with van der Waals surface area (Å²) in [5.74, 6) is 1.01. The summed E-state index contributed by atoms with van der Waals surface area (Å²) >= 11 is 0. The Morgan fingerprint density at radius 1 is 1.15 bits per heavy atom. The van der Waals surface area contributed by atoms with Gasteiger partial charge in [-0.25, -0.2) is 0 Å². The van der Waals surface area contributed by atoms with Crippen LogP contribution in [-0.4, -0.2) is 20.0 Å². The lowest BCUT2D eigenvalue weighted by atomic mass is 9.76. The molecule has 0 radical (unpaired) electrons. The van der Waals surface area contributed by atoms with Crippen molar-refractivity contribution in [3.8, 4) is 0 Å². The lowest BCUT2D eigenvalue weighted by Gasteiger charge is -2.40. The Hall–Kier alpha value is -0.903. The maximum atomic E-state index is 10.7. The SMILES string of the molecule is C=C(C[C@H](O)c1ccccc1)[C@@H](CO[Si](C)(C)C(C)(C)C)C1CCCCC1. The van der Waals surface area contributed by atoms with Crippen LogP contribution in [0.4, 0.5) is 0 Å². The molecule has 1 N–H and O–H groups in total. The monoisotopic (exact) mass is 388 g/mol. The third-order valence-corrected chi connectivity index (χ3v) is 11.3. The first-order valence-electron chi connectivity index (χ1n) is 10.7. The van der Waals surface area contributed by atoms with Crippen molar-refractivity contribution in [2.75, 3.05) is 6.61 Å². The first-order valence-corrected chi connectivity index (χ1v) is 13.6. The zero-order valence-electron chi connectivity index (χ0n) is 18.1. The fraction of sp³-hybridized carbons (Fsp3) is 0.667. The maximum Gasteiger partial charge on any atom is 0.192 e. The molecule has 2 nitrogen and oxygen atoms in total. The predicted molar refractivity (Wildman–Crippen MR) is 118 cm³/mol. The summed E-state index contributed by atoms with van der Waals surface area (Å²) in [6, 6.07) is 9.96. The van der Waals surface area contributed by atoms with E-state index < -0.39 is 14.4 Å². The molecule has 0 heterocycles. The fourth-order valence-electron chi connectivity index (χ4n) is 3.83. The van der Waals surface area contributed by atoms with Gasteiger partial charge in [-0.3, -0.25) is 0 Å². The molecule has 152 valence electrons. The van der Waals surface area contributed by atoms with Crippen molar-refractivity contribution in [3.05, 3.63) is 48.0 Å². The van der Waals surface area contributed by atoms with E-state index in [0.29, 0.717) is 18.3 Å². The second kappa shape index (κ2) is 9.53. The highest BCUT2D eigenvalue weighted by atomic mass is 28.4. The lowest BCUT2D eigenvalue weighted by Crippen LogP contribution is -2.43. The number of aliphatic hydroxyl groups is 1. The molecule has 0 spiro atoms. The Labute approximate surface area is 168 Å². The van der Waals surface area contributed by atoms with Crippen LogP contribution in [0, 0.1) is 11.8 Å². The van der Waals surface area contributed by atoms with Gasteiger partial charge in [0.1, 0.15) is 0 Å². The summed E-state index contributed by atoms with van der Waals surface area (Å²) in [5, 5.41) is 10.9. The molecule has 2 atom stereocenters. The summed E-state index contributed by atoms with van der Waals surface area (Å²) in [7, 11) is -1.78. The standard InChI is InChI=1S/C24H40O2Si/c1-19(17-23(25)21-15-11-8-12-16-21)22(20-13-9-7-10-14-20)18-26-27(5,6)24(2,3)4/h8,11-12,15-16,20,22-23,25H,1,7,9-10,13-14,17-18H2,2-6H3/t22-,23+/m1/s1. The minimum Gasteiger partial charge on any atom is -0.416 e. The number of aliphatic hydroxyl groups excluding tert-OH is 1. The molecule has 1 aromatic carbocycles. The van der Waals surface area contributed by atoms with Crippen LogP contribution in [0.15, 0.2) is 42.5 Å². The predicted octanol–water partition coefficient (Wildman–Crippen LogP) is 6.88. The number of hydrogen-bond donors (Lipinski definition) is 1. The quantitative estimate of drug-likeness (QED) is 0.388. The number of benzene rings is 1. The third-order valence-electron chi connectivity index (χ3n) is 6.81. The van der Waals surface area contributed by atoms with Crippen LogP contribution in [0.1, 0.15) is 71.0 Å². The molecule has 1 aromatic rings. The largest absolute Gasteiger partial charge is 0.416 e. The van der Waals surface area contributed by atoms with Crippen LogP contribution in [0.5, 0.6) is 0 Å². The zero-order chi connectivity index (χ0) is 20.1. The smallest absolute Gasteiger partial charge is 0.192 e. The lowest BCUT2D eigenvalue weighted by molar-refractivity contribution is 0.146. The number of hydrogen-bond acceptors (Lipinski definition) is 2. The molecule has 0 saturated heterocycles. The van der Waals surface area contributed by atoms with Crippen molar-refractivity contribution >= 4 is 8.32 Å². The van der Waals surface area contributed by atoms with E-state index in [-0.39, 0.29) is 5.04 Å². The molecule has 0 aromatic heterocycles. The second-order valence-electron chi connectivity index (χ2n) is 9.86. The Morgan fingerprint density at radius 3 is 2.30 bits per heavy atom. The molecule has 0 amide bonds. The van der Waals surface area contributed by atoms with E-state index in [9.17, 15) is 5.11 Å². The highest BCUT2D eigenvalue weighted by Crippen LogP contribution is 2.40. The average Bonchev–Trinajstić information content (AvgIpc) is 2.62. The minimum atomic E-state index is -1.78. The van der Waals surface area contributed by atoms with Gasteiger partial charge < -0.3 is 9.53 Å². The van der Waals surface area contributed by atoms with Crippen molar-refractivity contribution in [1.82, 2.24) is 0 Å². The minimum absolute atomic E-state index is 0.217. The molecule has 1 aliphatic rings. The Bertz CT molecular complexity index is 582. The van der Waals surface area contributed by atoms with Crippen LogP contribution in [0.2, 0.25) is 18.1 Å². The highest BCUT2D eigenvalue weighted by Gasteiger charge is 2.38. The molecule has 1 aliphatic carbocycles. The molecule has 1 fully saturated rings. The van der Waals surface area contributed by atoms with Gasteiger partial charge in [-0.15, -0.1) is 0 Å². The van der Waals surface area contributed by atoms with Crippen LogP contribution in [0.3, 0.4) is 0 Å². The molecule has 1 saturated carbocycles. The van der Waals surface area contributed by atoms with Gasteiger partial charge in [0, 0.05) is 12.5 Å². The van der Waals surface area contributed by atoms with Gasteiger partial charge >= 0.3 is 0 Å². The molecule has 2 rings (SSSR count). The van der Waals surface area contributed by atoms with E-state index >= 15 is 0 Å². The molecule has 0 aliphatic heterocycles. The van der Waals surface area contributed by atoms with Gasteiger partial charge in [0.15, 0.2) is 8.32 Å². The topological polar surface area (TPSA) is 29.5 Å². The van der Waals surface area contributed by atoms with Crippen molar-refractivity contribution in [1.29, 1.82) is 0 Å². The van der Waals surface area contributed by atoms with Gasteiger partial charge in [-0.05, 0) is 48.9 Å². The molecule has 0 unspecified atom stereocenters. The van der Waals surface area contributed by atoms with E-state index in [1.807, 2.05) is 30.3 Å². The Balaban J connectivity index is 2.08. The fourth-order valence-corrected chi connectivity index (χ4v) is 4.86. The maximum absolute atomic E-state index is 10.7. The van der Waals surface area contributed by atoms with Gasteiger partial charge in [-0.2, -0.15) is 0 Å². The molecule has 0 bridgehead atoms. The first-order chi connectivity index (χ1) is 12.6. The van der Waals surface area contributed by atoms with Crippen molar-refractivity contribution in [3.63, 3.8) is 0 Å². The molecule has 27 heavy (non-hydrogen) atoms. The summed E-state index contributed by atoms with van der Waals surface area (Å²) in [6.45, 7) is 16.7. The first kappa shape index (κ1) is 22.4. The van der Waals surface area contributed by atoms with Gasteiger partial charge in [0.05, 0.1) is 6.10 Å². The van der Waals surface area contributed by atoms with E-state index in [2.05, 4.69) is 40.4 Å². The number of rotatable bonds is 8.